The van der Waals surface area contributed by atoms with Crippen molar-refractivity contribution in [3.8, 4) is 5.69 Å². The Morgan fingerprint density at radius 3 is 2.44 bits per heavy atom. The third kappa shape index (κ3) is 1.67. The minimum absolute atomic E-state index is 0.0370. The van der Waals surface area contributed by atoms with Crippen LogP contribution in [0.5, 0.6) is 0 Å². The van der Waals surface area contributed by atoms with E-state index in [0.29, 0.717) is 22.8 Å². The van der Waals surface area contributed by atoms with Crippen molar-refractivity contribution < 1.29 is 9.32 Å². The molecule has 0 amide bonds. The topological polar surface area (TPSA) is 52.2 Å². The summed E-state index contributed by atoms with van der Waals surface area (Å²) >= 11 is 5.73. The number of aryl methyl sites for hydroxylation is 1. The van der Waals surface area contributed by atoms with Gasteiger partial charge in [-0.1, -0.05) is 11.6 Å². The summed E-state index contributed by atoms with van der Waals surface area (Å²) in [6, 6.07) is 6.56. The second kappa shape index (κ2) is 3.98. The van der Waals surface area contributed by atoms with Crippen LogP contribution in [0.15, 0.2) is 33.6 Å². The van der Waals surface area contributed by atoms with Gasteiger partial charge in [-0.3, -0.25) is 9.59 Å². The summed E-state index contributed by atoms with van der Waals surface area (Å²) in [5, 5.41) is 0.565. The molecule has 0 aliphatic carbocycles. The number of nitrogens with zero attached hydrogens (tertiary/aromatic N) is 1. The molecule has 0 aliphatic rings. The first-order chi connectivity index (χ1) is 7.63. The number of rotatable bonds is 2. The molecule has 0 saturated carbocycles. The summed E-state index contributed by atoms with van der Waals surface area (Å²) in [4.78, 5) is 22.4. The van der Waals surface area contributed by atoms with Crippen molar-refractivity contribution in [1.82, 2.24) is 4.74 Å². The molecular formula is C11H8ClNO3. The minimum Gasteiger partial charge on any atom is -0.375 e. The van der Waals surface area contributed by atoms with E-state index in [0.717, 1.165) is 4.74 Å². The van der Waals surface area contributed by atoms with E-state index in [1.165, 1.54) is 0 Å². The van der Waals surface area contributed by atoms with Gasteiger partial charge in [0.05, 0.1) is 5.69 Å². The lowest BCUT2D eigenvalue weighted by atomic mass is 10.3. The number of carbonyl (C=O) groups excluding carboxylic acids is 1. The summed E-state index contributed by atoms with van der Waals surface area (Å²) in [5.41, 5.74) is 0.107. The highest BCUT2D eigenvalue weighted by molar-refractivity contribution is 6.30. The Morgan fingerprint density at radius 1 is 1.31 bits per heavy atom. The molecule has 1 heterocycles. The molecule has 4 nitrogen and oxygen atoms in total. The van der Waals surface area contributed by atoms with E-state index >= 15 is 0 Å². The van der Waals surface area contributed by atoms with Crippen LogP contribution < -0.4 is 5.56 Å². The number of aromatic nitrogens is 1. The third-order valence-corrected chi connectivity index (χ3v) is 2.45. The molecule has 0 atom stereocenters. The molecule has 5 heteroatoms. The summed E-state index contributed by atoms with van der Waals surface area (Å²) in [6.07, 6.45) is 0.494. The lowest BCUT2D eigenvalue weighted by Crippen LogP contribution is -2.15. The van der Waals surface area contributed by atoms with Crippen molar-refractivity contribution in [3.63, 3.8) is 0 Å². The van der Waals surface area contributed by atoms with Crippen molar-refractivity contribution in [2.75, 3.05) is 0 Å². The first-order valence-electron chi connectivity index (χ1n) is 4.57. The molecule has 1 aromatic carbocycles. The highest BCUT2D eigenvalue weighted by Crippen LogP contribution is 2.13. The molecule has 0 aliphatic heterocycles. The predicted molar refractivity (Wildman–Crippen MR) is 59.4 cm³/mol. The monoisotopic (exact) mass is 237 g/mol. The smallest absolute Gasteiger partial charge is 0.298 e. The molecule has 0 unspecified atom stereocenters. The van der Waals surface area contributed by atoms with Crippen molar-refractivity contribution in [2.24, 2.45) is 0 Å². The normalized spacial score (nSPS) is 10.4. The number of carbonyl (C=O) groups is 1. The third-order valence-electron chi connectivity index (χ3n) is 2.20. The van der Waals surface area contributed by atoms with Crippen LogP contribution in [0.2, 0.25) is 5.02 Å². The Labute approximate surface area is 96.0 Å². The van der Waals surface area contributed by atoms with Gasteiger partial charge in [-0.2, -0.15) is 0 Å². The van der Waals surface area contributed by atoms with Crippen molar-refractivity contribution in [2.45, 2.75) is 6.92 Å². The molecule has 0 radical (unpaired) electrons. The van der Waals surface area contributed by atoms with Gasteiger partial charge < -0.3 is 4.52 Å². The first kappa shape index (κ1) is 10.7. The maximum Gasteiger partial charge on any atom is 0.298 e. The zero-order valence-corrected chi connectivity index (χ0v) is 9.19. The molecule has 0 saturated heterocycles. The number of halogens is 1. The van der Waals surface area contributed by atoms with E-state index in [1.807, 2.05) is 0 Å². The van der Waals surface area contributed by atoms with Crippen LogP contribution in [0.4, 0.5) is 0 Å². The maximum atomic E-state index is 11.7. The van der Waals surface area contributed by atoms with E-state index < -0.39 is 5.56 Å². The number of hydrogen-bond acceptors (Lipinski definition) is 3. The Balaban J connectivity index is 2.61. The molecule has 0 bridgehead atoms. The Morgan fingerprint density at radius 2 is 1.94 bits per heavy atom. The van der Waals surface area contributed by atoms with Gasteiger partial charge in [-0.15, -0.1) is 4.74 Å². The first-order valence-corrected chi connectivity index (χ1v) is 4.95. The van der Waals surface area contributed by atoms with Crippen LogP contribution in [0.25, 0.3) is 5.69 Å². The molecule has 16 heavy (non-hydrogen) atoms. The van der Waals surface area contributed by atoms with E-state index in [-0.39, 0.29) is 5.56 Å². The maximum absolute atomic E-state index is 11.7. The van der Waals surface area contributed by atoms with Crippen LogP contribution in [-0.2, 0) is 0 Å². The fourth-order valence-electron chi connectivity index (χ4n) is 1.37. The van der Waals surface area contributed by atoms with E-state index in [1.54, 1.807) is 31.2 Å². The van der Waals surface area contributed by atoms with E-state index in [4.69, 9.17) is 16.1 Å². The summed E-state index contributed by atoms with van der Waals surface area (Å²) in [7, 11) is 0. The molecule has 0 spiro atoms. The Hall–Kier alpha value is -1.81. The van der Waals surface area contributed by atoms with Crippen LogP contribution >= 0.6 is 11.6 Å². The molecular weight excluding hydrogens is 230 g/mol. The van der Waals surface area contributed by atoms with Crippen molar-refractivity contribution in [3.05, 3.63) is 51.0 Å². The van der Waals surface area contributed by atoms with Gasteiger partial charge in [0, 0.05) is 5.02 Å². The number of benzene rings is 1. The van der Waals surface area contributed by atoms with Gasteiger partial charge in [0.2, 0.25) is 0 Å². The second-order valence-electron chi connectivity index (χ2n) is 3.25. The van der Waals surface area contributed by atoms with Crippen LogP contribution in [0, 0.1) is 6.92 Å². The van der Waals surface area contributed by atoms with E-state index in [9.17, 15) is 9.59 Å². The van der Waals surface area contributed by atoms with Gasteiger partial charge >= 0.3 is 0 Å². The van der Waals surface area contributed by atoms with Gasteiger partial charge in [0.15, 0.2) is 6.29 Å². The van der Waals surface area contributed by atoms with Gasteiger partial charge in [0.25, 0.3) is 5.56 Å². The Bertz CT molecular complexity index is 580. The number of aldehydes is 1. The SMILES string of the molecule is Cc1on(-c2ccc(Cl)cc2)c(=O)c1C=O. The average Bonchev–Trinajstić information content (AvgIpc) is 2.55. The molecule has 2 aromatic rings. The molecule has 1 aromatic heterocycles. The second-order valence-corrected chi connectivity index (χ2v) is 3.69. The standard InChI is InChI=1S/C11H8ClNO3/c1-7-10(6-14)11(15)13(16-7)9-4-2-8(12)3-5-9/h2-6H,1H3. The van der Waals surface area contributed by atoms with Gasteiger partial charge in [-0.05, 0) is 31.2 Å². The lowest BCUT2D eigenvalue weighted by molar-refractivity contribution is 0.112. The van der Waals surface area contributed by atoms with Crippen molar-refractivity contribution >= 4 is 17.9 Å². The number of hydrogen-bond donors (Lipinski definition) is 0. The largest absolute Gasteiger partial charge is 0.375 e. The van der Waals surface area contributed by atoms with Crippen LogP contribution in [0.1, 0.15) is 16.1 Å². The summed E-state index contributed by atoms with van der Waals surface area (Å²) in [6.45, 7) is 1.57. The predicted octanol–water partition coefficient (Wildman–Crippen LogP) is 2.20. The molecule has 0 N–H and O–H groups in total. The van der Waals surface area contributed by atoms with E-state index in [2.05, 4.69) is 0 Å². The Kier molecular flexibility index (Phi) is 2.66. The highest BCUT2D eigenvalue weighted by Gasteiger charge is 2.13. The summed E-state index contributed by atoms with van der Waals surface area (Å²) in [5.74, 6) is 0.301. The minimum atomic E-state index is -0.463. The van der Waals surface area contributed by atoms with Gasteiger partial charge in [0.1, 0.15) is 11.3 Å². The zero-order valence-electron chi connectivity index (χ0n) is 8.44. The molecule has 2 rings (SSSR count). The van der Waals surface area contributed by atoms with Crippen LogP contribution in [0.3, 0.4) is 0 Å². The molecule has 0 fully saturated rings. The average molecular weight is 238 g/mol. The quantitative estimate of drug-likeness (QED) is 0.753. The van der Waals surface area contributed by atoms with Gasteiger partial charge in [-0.25, -0.2) is 0 Å². The van der Waals surface area contributed by atoms with Crippen LogP contribution in [-0.4, -0.2) is 11.0 Å². The zero-order chi connectivity index (χ0) is 11.7. The lowest BCUT2D eigenvalue weighted by Gasteiger charge is -1.98. The van der Waals surface area contributed by atoms with Crippen molar-refractivity contribution in [1.29, 1.82) is 0 Å². The molecule has 82 valence electrons. The summed E-state index contributed by atoms with van der Waals surface area (Å²) < 4.78 is 6.26. The fourth-order valence-corrected chi connectivity index (χ4v) is 1.49. The highest BCUT2D eigenvalue weighted by atomic mass is 35.5. The fraction of sp³-hybridized carbons (Fsp3) is 0.0909.